The number of rotatable bonds is 12. The van der Waals surface area contributed by atoms with E-state index in [-0.39, 0.29) is 24.2 Å². The van der Waals surface area contributed by atoms with Crippen LogP contribution in [0.15, 0.2) is 35.5 Å². The number of methoxy groups -OCH3 is 1. The van der Waals surface area contributed by atoms with Gasteiger partial charge in [0, 0.05) is 31.1 Å². The molecule has 13 heteroatoms. The van der Waals surface area contributed by atoms with E-state index >= 15 is 0 Å². The number of amides is 4. The molecular formula is C34H48N6O7. The molecule has 0 radical (unpaired) electrons. The van der Waals surface area contributed by atoms with E-state index in [0.717, 1.165) is 35.5 Å². The number of benzene rings is 1. The smallest absolute Gasteiger partial charge is 0.348 e. The van der Waals surface area contributed by atoms with Crippen molar-refractivity contribution in [2.45, 2.75) is 95.8 Å². The van der Waals surface area contributed by atoms with Crippen molar-refractivity contribution in [3.05, 3.63) is 36.0 Å². The predicted octanol–water partition coefficient (Wildman–Crippen LogP) is 1.94. The standard InChI is InChI=1S/C34H48N6O7/c1-5-22(2)30-34(45)39-18-12-10-16-28(39)33(44)36-25(14-7-6-11-17-35-20-29(41)46-3)31(42)37-26(32(43)38-30)19-23-21-40(47-4)27-15-9-8-13-24(23)27/h8-9,13,15,20-22,25-26,28,30H,5-7,10-12,14,16-19H2,1-4H3,(H,36,44)(H,37,42)(H,38,43)/t22?,25-,26-,28+,30-/m0/s1. The summed E-state index contributed by atoms with van der Waals surface area (Å²) in [6.07, 6.45) is 8.01. The van der Waals surface area contributed by atoms with E-state index in [2.05, 4.69) is 25.7 Å². The molecular weight excluding hydrogens is 604 g/mol. The van der Waals surface area contributed by atoms with Gasteiger partial charge in [0.2, 0.25) is 23.6 Å². The van der Waals surface area contributed by atoms with Crippen LogP contribution < -0.4 is 20.8 Å². The lowest BCUT2D eigenvalue weighted by molar-refractivity contribution is -0.147. The average molecular weight is 653 g/mol. The molecule has 2 saturated heterocycles. The summed E-state index contributed by atoms with van der Waals surface area (Å²) in [4.78, 5) is 78.2. The Kier molecular flexibility index (Phi) is 12.8. The van der Waals surface area contributed by atoms with Gasteiger partial charge in [0.25, 0.3) is 0 Å². The minimum atomic E-state index is -1.03. The molecule has 0 aliphatic carbocycles. The number of ether oxygens (including phenoxy) is 1. The summed E-state index contributed by atoms with van der Waals surface area (Å²) >= 11 is 0. The van der Waals surface area contributed by atoms with Gasteiger partial charge in [-0.1, -0.05) is 51.3 Å². The number of aliphatic imine (C=N–C) groups is 1. The van der Waals surface area contributed by atoms with Crippen molar-refractivity contribution < 1.29 is 33.5 Å². The fourth-order valence-electron chi connectivity index (χ4n) is 6.27. The van der Waals surface area contributed by atoms with Gasteiger partial charge in [0.1, 0.15) is 37.5 Å². The summed E-state index contributed by atoms with van der Waals surface area (Å²) < 4.78 is 6.16. The summed E-state index contributed by atoms with van der Waals surface area (Å²) in [7, 11) is 2.84. The molecule has 3 heterocycles. The summed E-state index contributed by atoms with van der Waals surface area (Å²) in [6, 6.07) is 4.10. The zero-order valence-electron chi connectivity index (χ0n) is 27.8. The number of piperidine rings is 1. The van der Waals surface area contributed by atoms with Gasteiger partial charge in [0.05, 0.1) is 12.6 Å². The summed E-state index contributed by atoms with van der Waals surface area (Å²) in [5.74, 6) is -2.29. The molecule has 3 N–H and O–H groups in total. The maximum absolute atomic E-state index is 14.1. The zero-order chi connectivity index (χ0) is 33.9. The van der Waals surface area contributed by atoms with Crippen LogP contribution in [0.1, 0.15) is 70.8 Å². The Morgan fingerprint density at radius 1 is 1.00 bits per heavy atom. The molecule has 13 nitrogen and oxygen atoms in total. The van der Waals surface area contributed by atoms with Gasteiger partial charge in [-0.05, 0) is 49.7 Å². The Labute approximate surface area is 275 Å². The maximum Gasteiger partial charge on any atom is 0.348 e. The maximum atomic E-state index is 14.1. The van der Waals surface area contributed by atoms with Crippen LogP contribution in [0.4, 0.5) is 0 Å². The highest BCUT2D eigenvalue weighted by atomic mass is 16.6. The highest BCUT2D eigenvalue weighted by Crippen LogP contribution is 2.24. The highest BCUT2D eigenvalue weighted by molar-refractivity contribution is 6.23. The molecule has 47 heavy (non-hydrogen) atoms. The van der Waals surface area contributed by atoms with E-state index in [1.165, 1.54) is 7.11 Å². The van der Waals surface area contributed by atoms with Gasteiger partial charge in [-0.2, -0.15) is 4.73 Å². The first kappa shape index (κ1) is 35.4. The topological polar surface area (TPSA) is 160 Å². The first-order valence-corrected chi connectivity index (χ1v) is 16.6. The number of nitrogens with zero attached hydrogens (tertiary/aromatic N) is 3. The minimum Gasteiger partial charge on any atom is -0.465 e. The van der Waals surface area contributed by atoms with Crippen molar-refractivity contribution in [3.63, 3.8) is 0 Å². The number of esters is 1. The van der Waals surface area contributed by atoms with Crippen molar-refractivity contribution >= 4 is 46.7 Å². The Hall–Kier alpha value is -4.42. The Morgan fingerprint density at radius 3 is 2.49 bits per heavy atom. The molecule has 256 valence electrons. The van der Waals surface area contributed by atoms with Gasteiger partial charge >= 0.3 is 5.97 Å². The average Bonchev–Trinajstić information content (AvgIpc) is 3.45. The van der Waals surface area contributed by atoms with Gasteiger partial charge in [-0.25, -0.2) is 4.79 Å². The van der Waals surface area contributed by atoms with Gasteiger partial charge in [-0.15, -0.1) is 0 Å². The second-order valence-electron chi connectivity index (χ2n) is 12.3. The second kappa shape index (κ2) is 16.9. The molecule has 4 amide bonds. The number of unbranched alkanes of at least 4 members (excludes halogenated alkanes) is 2. The van der Waals surface area contributed by atoms with E-state index in [4.69, 9.17) is 4.84 Å². The van der Waals surface area contributed by atoms with Gasteiger partial charge in [0.15, 0.2) is 0 Å². The first-order chi connectivity index (χ1) is 22.7. The number of para-hydroxylation sites is 1. The van der Waals surface area contributed by atoms with Crippen molar-refractivity contribution in [2.24, 2.45) is 10.9 Å². The Morgan fingerprint density at radius 2 is 1.74 bits per heavy atom. The third-order valence-electron chi connectivity index (χ3n) is 9.19. The van der Waals surface area contributed by atoms with Crippen LogP contribution in [-0.4, -0.2) is 96.9 Å². The van der Waals surface area contributed by atoms with Crippen molar-refractivity contribution in [1.82, 2.24) is 25.6 Å². The van der Waals surface area contributed by atoms with Gasteiger partial charge in [-0.3, -0.25) is 24.2 Å². The molecule has 2 aromatic rings. The van der Waals surface area contributed by atoms with Crippen LogP contribution in [-0.2, 0) is 35.1 Å². The minimum absolute atomic E-state index is 0.140. The third kappa shape index (κ3) is 8.89. The number of fused-ring (bicyclic) bond motifs is 2. The fourth-order valence-corrected chi connectivity index (χ4v) is 6.27. The van der Waals surface area contributed by atoms with Crippen LogP contribution >= 0.6 is 0 Å². The van der Waals surface area contributed by atoms with E-state index in [0.29, 0.717) is 51.6 Å². The Balaban J connectivity index is 1.62. The molecule has 4 rings (SSSR count). The molecule has 1 aromatic heterocycles. The quantitative estimate of drug-likeness (QED) is 0.180. The zero-order valence-corrected chi connectivity index (χ0v) is 27.8. The Bertz CT molecular complexity index is 1460. The van der Waals surface area contributed by atoms with Crippen molar-refractivity contribution in [3.8, 4) is 0 Å². The first-order valence-electron chi connectivity index (χ1n) is 16.6. The summed E-state index contributed by atoms with van der Waals surface area (Å²) in [6.45, 7) is 4.69. The number of hydrogen-bond donors (Lipinski definition) is 3. The van der Waals surface area contributed by atoms with Gasteiger partial charge < -0.3 is 30.4 Å². The summed E-state index contributed by atoms with van der Waals surface area (Å²) in [5, 5.41) is 9.71. The molecule has 2 aliphatic rings. The fraction of sp³-hybridized carbons (Fsp3) is 0.588. The highest BCUT2D eigenvalue weighted by Gasteiger charge is 2.40. The van der Waals surface area contributed by atoms with E-state index in [1.54, 1.807) is 22.9 Å². The monoisotopic (exact) mass is 652 g/mol. The van der Waals surface area contributed by atoms with Crippen molar-refractivity contribution in [2.75, 3.05) is 27.3 Å². The van der Waals surface area contributed by atoms with Crippen LogP contribution in [0.2, 0.25) is 0 Å². The number of carbonyl (C=O) groups excluding carboxylic acids is 5. The molecule has 0 saturated carbocycles. The SMILES string of the molecule is CCC(C)[C@@H]1NC(=O)[C@H](Cc2cn(OC)c3ccccc23)NC(=O)[C@H](CCCCCN=CC(=O)OC)NC(=O)[C@H]2CCCCN2C1=O. The predicted molar refractivity (Wildman–Crippen MR) is 177 cm³/mol. The number of carbonyl (C=O) groups is 5. The van der Waals surface area contributed by atoms with Crippen LogP contribution in [0.3, 0.4) is 0 Å². The largest absolute Gasteiger partial charge is 0.465 e. The van der Waals surface area contributed by atoms with E-state index in [9.17, 15) is 24.0 Å². The van der Waals surface area contributed by atoms with Crippen molar-refractivity contribution in [1.29, 1.82) is 0 Å². The van der Waals surface area contributed by atoms with E-state index < -0.39 is 42.0 Å². The van der Waals surface area contributed by atoms with E-state index in [1.807, 2.05) is 38.1 Å². The van der Waals surface area contributed by atoms with Crippen LogP contribution in [0.5, 0.6) is 0 Å². The molecule has 0 spiro atoms. The lowest BCUT2D eigenvalue weighted by Crippen LogP contribution is -2.64. The molecule has 0 bridgehead atoms. The third-order valence-corrected chi connectivity index (χ3v) is 9.19. The number of aromatic nitrogens is 1. The lowest BCUT2D eigenvalue weighted by atomic mass is 9.93. The molecule has 5 atom stereocenters. The molecule has 1 aromatic carbocycles. The molecule has 2 aliphatic heterocycles. The molecule has 2 fully saturated rings. The normalized spacial score (nSPS) is 23.3. The van der Waals surface area contributed by atoms with Crippen LogP contribution in [0.25, 0.3) is 10.9 Å². The number of nitrogens with one attached hydrogen (secondary N) is 3. The molecule has 1 unspecified atom stereocenters. The second-order valence-corrected chi connectivity index (χ2v) is 12.3. The van der Waals surface area contributed by atoms with Crippen LogP contribution in [0, 0.1) is 5.92 Å². The number of hydrogen-bond acceptors (Lipinski definition) is 8. The lowest BCUT2D eigenvalue weighted by Gasteiger charge is -2.39. The summed E-state index contributed by atoms with van der Waals surface area (Å²) in [5.41, 5.74) is 1.60.